The summed E-state index contributed by atoms with van der Waals surface area (Å²) in [6, 6.07) is 0. The van der Waals surface area contributed by atoms with Crippen LogP contribution >= 0.6 is 0 Å². The van der Waals surface area contributed by atoms with Gasteiger partial charge in [0.05, 0.1) is 0 Å². The zero-order chi connectivity index (χ0) is 4.71. The molecule has 0 rings (SSSR count). The Morgan fingerprint density at radius 3 is 1.17 bits per heavy atom. The molecule has 0 aliphatic rings. The Hall–Kier alpha value is 0.920. The Morgan fingerprint density at radius 1 is 1.17 bits per heavy atom. The van der Waals surface area contributed by atoms with Gasteiger partial charge < -0.3 is 10.4 Å². The van der Waals surface area contributed by atoms with Crippen LogP contribution in [0.4, 0.5) is 0 Å². The summed E-state index contributed by atoms with van der Waals surface area (Å²) < 4.78 is 0. The van der Waals surface area contributed by atoms with E-state index in [0.717, 1.165) is 7.11 Å². The predicted octanol–water partition coefficient (Wildman–Crippen LogP) is -0.937. The third-order valence-corrected chi connectivity index (χ3v) is 0. The Morgan fingerprint density at radius 2 is 1.17 bits per heavy atom. The SMILES string of the molecule is CNC.CO.[Na]. The number of hydrogen-bond donors (Lipinski definition) is 2. The monoisotopic (exact) mass is 100 g/mol. The number of aliphatic hydroxyl groups is 1. The topological polar surface area (TPSA) is 32.3 Å². The molecule has 0 heterocycles. The summed E-state index contributed by atoms with van der Waals surface area (Å²) in [5, 5.41) is 9.75. The van der Waals surface area contributed by atoms with Crippen molar-refractivity contribution in [1.82, 2.24) is 5.32 Å². The molecular formula is C3H11NNaO. The predicted molar refractivity (Wildman–Crippen MR) is 28.9 cm³/mol. The standard InChI is InChI=1S/C2H7N.CH4O.Na/c1-3-2;1-2;/h3H,1-2H3;2H,1H3;. The van der Waals surface area contributed by atoms with E-state index >= 15 is 0 Å². The van der Waals surface area contributed by atoms with Crippen LogP contribution in [-0.4, -0.2) is 55.9 Å². The summed E-state index contributed by atoms with van der Waals surface area (Å²) in [6.07, 6.45) is 0. The fraction of sp³-hybridized carbons (Fsp3) is 1.00. The van der Waals surface area contributed by atoms with Gasteiger partial charge in [-0.2, -0.15) is 0 Å². The molecule has 0 aromatic carbocycles. The Kier molecular flexibility index (Phi) is 102. The molecule has 2 N–H and O–H groups in total. The molecule has 0 aliphatic heterocycles. The van der Waals surface area contributed by atoms with Gasteiger partial charge >= 0.3 is 0 Å². The normalized spacial score (nSPS) is 4.00. The van der Waals surface area contributed by atoms with Crippen molar-refractivity contribution in [1.29, 1.82) is 0 Å². The van der Waals surface area contributed by atoms with Crippen LogP contribution in [0.15, 0.2) is 0 Å². The van der Waals surface area contributed by atoms with Crippen LogP contribution in [0.3, 0.4) is 0 Å². The maximum atomic E-state index is 7.00. The summed E-state index contributed by atoms with van der Waals surface area (Å²) in [4.78, 5) is 0. The second kappa shape index (κ2) is 38.9. The number of hydrogen-bond acceptors (Lipinski definition) is 2. The summed E-state index contributed by atoms with van der Waals surface area (Å²) >= 11 is 0. The minimum atomic E-state index is 0. The molecule has 0 bridgehead atoms. The molecule has 3 heteroatoms. The second-order valence-corrected chi connectivity index (χ2v) is 0.500. The number of rotatable bonds is 0. The first-order valence-corrected chi connectivity index (χ1v) is 1.45. The Bertz CT molecular complexity index is 10.8. The molecule has 0 spiro atoms. The maximum Gasteiger partial charge on any atom is 0.0319 e. The van der Waals surface area contributed by atoms with Crippen LogP contribution < -0.4 is 5.32 Å². The Balaban J connectivity index is -0.0000000275. The fourth-order valence-electron chi connectivity index (χ4n) is 0. The van der Waals surface area contributed by atoms with E-state index in [2.05, 4.69) is 5.32 Å². The van der Waals surface area contributed by atoms with Gasteiger partial charge in [0, 0.05) is 36.7 Å². The molecular weight excluding hydrogens is 89.0 g/mol. The summed E-state index contributed by atoms with van der Waals surface area (Å²) in [7, 11) is 4.75. The molecule has 0 aliphatic carbocycles. The average molecular weight is 100 g/mol. The van der Waals surface area contributed by atoms with Gasteiger partial charge in [-0.1, -0.05) is 0 Å². The molecule has 0 aromatic heterocycles. The van der Waals surface area contributed by atoms with Gasteiger partial charge in [-0.3, -0.25) is 0 Å². The van der Waals surface area contributed by atoms with Gasteiger partial charge in [-0.05, 0) is 14.1 Å². The number of aliphatic hydroxyl groups excluding tert-OH is 1. The summed E-state index contributed by atoms with van der Waals surface area (Å²) in [6.45, 7) is 0. The molecule has 0 unspecified atom stereocenters. The van der Waals surface area contributed by atoms with E-state index in [1.165, 1.54) is 0 Å². The van der Waals surface area contributed by atoms with E-state index in [1.54, 1.807) is 0 Å². The van der Waals surface area contributed by atoms with E-state index < -0.39 is 0 Å². The molecule has 0 saturated carbocycles. The molecule has 6 heavy (non-hydrogen) atoms. The van der Waals surface area contributed by atoms with E-state index in [1.807, 2.05) is 14.1 Å². The zero-order valence-electron chi connectivity index (χ0n) is 4.95. The summed E-state index contributed by atoms with van der Waals surface area (Å²) in [5.41, 5.74) is 0. The molecule has 0 amide bonds. The summed E-state index contributed by atoms with van der Waals surface area (Å²) in [5.74, 6) is 0. The third-order valence-electron chi connectivity index (χ3n) is 0. The first-order valence-electron chi connectivity index (χ1n) is 1.45. The van der Waals surface area contributed by atoms with Crippen LogP contribution in [0.25, 0.3) is 0 Å². The fourth-order valence-corrected chi connectivity index (χ4v) is 0. The van der Waals surface area contributed by atoms with Crippen molar-refractivity contribution in [3.05, 3.63) is 0 Å². The molecule has 0 aromatic rings. The maximum absolute atomic E-state index is 7.00. The van der Waals surface area contributed by atoms with Crippen molar-refractivity contribution in [3.63, 3.8) is 0 Å². The molecule has 0 fully saturated rings. The van der Waals surface area contributed by atoms with E-state index in [-0.39, 0.29) is 29.6 Å². The molecule has 2 nitrogen and oxygen atoms in total. The number of nitrogens with one attached hydrogen (secondary N) is 1. The Labute approximate surface area is 61.2 Å². The van der Waals surface area contributed by atoms with Crippen LogP contribution in [0.2, 0.25) is 0 Å². The van der Waals surface area contributed by atoms with Gasteiger partial charge in [-0.15, -0.1) is 0 Å². The quantitative estimate of drug-likeness (QED) is 0.385. The van der Waals surface area contributed by atoms with Crippen molar-refractivity contribution in [3.8, 4) is 0 Å². The van der Waals surface area contributed by atoms with Crippen LogP contribution in [0, 0.1) is 0 Å². The smallest absolute Gasteiger partial charge is 0.0319 e. The van der Waals surface area contributed by atoms with Gasteiger partial charge in [-0.25, -0.2) is 0 Å². The minimum Gasteiger partial charge on any atom is -0.400 e. The first-order chi connectivity index (χ1) is 2.41. The van der Waals surface area contributed by atoms with Crippen molar-refractivity contribution in [2.45, 2.75) is 0 Å². The van der Waals surface area contributed by atoms with E-state index in [0.29, 0.717) is 0 Å². The van der Waals surface area contributed by atoms with E-state index in [4.69, 9.17) is 5.11 Å². The minimum absolute atomic E-state index is 0. The van der Waals surface area contributed by atoms with Gasteiger partial charge in [0.15, 0.2) is 0 Å². The van der Waals surface area contributed by atoms with Crippen LogP contribution in [0.1, 0.15) is 0 Å². The van der Waals surface area contributed by atoms with Crippen molar-refractivity contribution < 1.29 is 5.11 Å². The van der Waals surface area contributed by atoms with Crippen molar-refractivity contribution in [2.24, 2.45) is 0 Å². The van der Waals surface area contributed by atoms with Gasteiger partial charge in [0.2, 0.25) is 0 Å². The van der Waals surface area contributed by atoms with Crippen molar-refractivity contribution >= 4 is 29.6 Å². The first kappa shape index (κ1) is 15.8. The average Bonchev–Trinajstić information content (AvgIpc) is 1.46. The largest absolute Gasteiger partial charge is 0.400 e. The molecule has 35 valence electrons. The van der Waals surface area contributed by atoms with Gasteiger partial charge in [0.25, 0.3) is 0 Å². The molecule has 0 saturated heterocycles. The van der Waals surface area contributed by atoms with Gasteiger partial charge in [0.1, 0.15) is 0 Å². The van der Waals surface area contributed by atoms with Crippen LogP contribution in [0.5, 0.6) is 0 Å². The zero-order valence-corrected chi connectivity index (χ0v) is 6.95. The van der Waals surface area contributed by atoms with Crippen LogP contribution in [-0.2, 0) is 0 Å². The third kappa shape index (κ3) is 89.3. The molecule has 1 radical (unpaired) electrons. The van der Waals surface area contributed by atoms with Crippen molar-refractivity contribution in [2.75, 3.05) is 21.2 Å². The van der Waals surface area contributed by atoms with E-state index in [9.17, 15) is 0 Å². The second-order valence-electron chi connectivity index (χ2n) is 0.500. The molecule has 0 atom stereocenters.